The van der Waals surface area contributed by atoms with Gasteiger partial charge in [-0.3, -0.25) is 10.1 Å². The van der Waals surface area contributed by atoms with Crippen LogP contribution in [0.2, 0.25) is 0 Å². The van der Waals surface area contributed by atoms with E-state index in [1.54, 1.807) is 6.07 Å². The van der Waals surface area contributed by atoms with Gasteiger partial charge in [0.2, 0.25) is 0 Å². The van der Waals surface area contributed by atoms with E-state index < -0.39 is 6.03 Å². The highest BCUT2D eigenvalue weighted by Crippen LogP contribution is 2.41. The predicted molar refractivity (Wildman–Crippen MR) is 164 cm³/mol. The van der Waals surface area contributed by atoms with Gasteiger partial charge < -0.3 is 31.1 Å². The lowest BCUT2D eigenvalue weighted by atomic mass is 9.85. The number of piperazine rings is 2. The molecule has 2 amide bonds. The van der Waals surface area contributed by atoms with Crippen LogP contribution in [-0.4, -0.2) is 63.3 Å². The monoisotopic (exact) mass is 551 g/mol. The molecule has 0 spiro atoms. The van der Waals surface area contributed by atoms with Crippen molar-refractivity contribution < 1.29 is 9.72 Å². The van der Waals surface area contributed by atoms with Crippen molar-refractivity contribution in [3.63, 3.8) is 0 Å². The minimum Gasteiger partial charge on any atom is -0.367 e. The van der Waals surface area contributed by atoms with Crippen molar-refractivity contribution in [3.05, 3.63) is 51.1 Å². The van der Waals surface area contributed by atoms with E-state index >= 15 is 0 Å². The summed E-state index contributed by atoms with van der Waals surface area (Å²) >= 11 is 0. The Morgan fingerprint density at radius 3 is 1.65 bits per heavy atom. The summed E-state index contributed by atoms with van der Waals surface area (Å²) in [6.07, 6.45) is 0. The first-order chi connectivity index (χ1) is 18.8. The van der Waals surface area contributed by atoms with Gasteiger partial charge in [-0.05, 0) is 46.6 Å². The van der Waals surface area contributed by atoms with Crippen molar-refractivity contribution in [2.24, 2.45) is 0 Å². The Morgan fingerprint density at radius 1 is 0.775 bits per heavy atom. The van der Waals surface area contributed by atoms with Gasteiger partial charge in [0.25, 0.3) is 5.69 Å². The summed E-state index contributed by atoms with van der Waals surface area (Å²) < 4.78 is 0. The van der Waals surface area contributed by atoms with Gasteiger partial charge in [0.05, 0.1) is 22.0 Å². The number of nitrogens with zero attached hydrogens (tertiary/aromatic N) is 3. The number of amides is 2. The lowest BCUT2D eigenvalue weighted by molar-refractivity contribution is -0.384. The molecule has 0 atom stereocenters. The van der Waals surface area contributed by atoms with E-state index in [0.29, 0.717) is 24.5 Å². The number of hydrogen-bond donors (Lipinski definition) is 4. The van der Waals surface area contributed by atoms with Gasteiger partial charge >= 0.3 is 6.03 Å². The third kappa shape index (κ3) is 6.67. The van der Waals surface area contributed by atoms with Gasteiger partial charge in [-0.2, -0.15) is 0 Å². The molecule has 2 heterocycles. The van der Waals surface area contributed by atoms with Crippen LogP contribution in [0.3, 0.4) is 0 Å². The zero-order valence-electron chi connectivity index (χ0n) is 25.0. The lowest BCUT2D eigenvalue weighted by Crippen LogP contribution is -2.44. The summed E-state index contributed by atoms with van der Waals surface area (Å²) in [5, 5.41) is 25.1. The highest BCUT2D eigenvalue weighted by molar-refractivity contribution is 6.05. The lowest BCUT2D eigenvalue weighted by Gasteiger charge is -2.34. The topological polar surface area (TPSA) is 115 Å². The van der Waals surface area contributed by atoms with E-state index in [0.717, 1.165) is 67.3 Å². The first kappa shape index (κ1) is 29.6. The highest BCUT2D eigenvalue weighted by atomic mass is 16.6. The molecule has 40 heavy (non-hydrogen) atoms. The fourth-order valence-electron chi connectivity index (χ4n) is 5.40. The van der Waals surface area contributed by atoms with Crippen molar-refractivity contribution >= 4 is 34.5 Å². The van der Waals surface area contributed by atoms with E-state index in [1.165, 1.54) is 0 Å². The second-order valence-corrected chi connectivity index (χ2v) is 12.9. The second kappa shape index (κ2) is 11.6. The Balaban J connectivity index is 1.76. The number of aryl methyl sites for hydroxylation is 1. The average Bonchev–Trinajstić information content (AvgIpc) is 2.88. The molecule has 0 aromatic heterocycles. The Labute approximate surface area is 238 Å². The minimum absolute atomic E-state index is 0.0108. The van der Waals surface area contributed by atoms with E-state index in [2.05, 4.69) is 66.0 Å². The van der Waals surface area contributed by atoms with E-state index in [4.69, 9.17) is 0 Å². The first-order valence-corrected chi connectivity index (χ1v) is 14.2. The molecule has 2 aromatic carbocycles. The maximum atomic E-state index is 13.7. The number of carbonyl (C=O) groups excluding carboxylic acids is 1. The summed E-state index contributed by atoms with van der Waals surface area (Å²) in [7, 11) is 0. The molecule has 2 aliphatic heterocycles. The Morgan fingerprint density at radius 2 is 1.20 bits per heavy atom. The number of carbonyl (C=O) groups is 1. The molecular weight excluding hydrogens is 506 g/mol. The molecule has 2 saturated heterocycles. The Hall–Kier alpha value is -3.37. The fraction of sp³-hybridized carbons (Fsp3) is 0.567. The van der Waals surface area contributed by atoms with Gasteiger partial charge in [-0.1, -0.05) is 47.6 Å². The summed E-state index contributed by atoms with van der Waals surface area (Å²) in [5.74, 6) is 0. The molecule has 2 aromatic rings. The molecule has 0 unspecified atom stereocenters. The smallest absolute Gasteiger partial charge is 0.323 e. The number of nitro groups is 1. The summed E-state index contributed by atoms with van der Waals surface area (Å²) in [6.45, 7) is 20.7. The van der Waals surface area contributed by atoms with Crippen molar-refractivity contribution in [3.8, 4) is 0 Å². The molecule has 2 aliphatic rings. The molecule has 0 radical (unpaired) electrons. The van der Waals surface area contributed by atoms with E-state index in [9.17, 15) is 14.9 Å². The number of nitro benzene ring substituents is 1. The molecule has 0 aliphatic carbocycles. The van der Waals surface area contributed by atoms with Gasteiger partial charge in [-0.15, -0.1) is 0 Å². The number of hydrogen-bond acceptors (Lipinski definition) is 7. The molecule has 218 valence electrons. The van der Waals surface area contributed by atoms with Crippen LogP contribution < -0.4 is 31.1 Å². The highest BCUT2D eigenvalue weighted by Gasteiger charge is 2.30. The van der Waals surface area contributed by atoms with Crippen molar-refractivity contribution in [2.75, 3.05) is 72.8 Å². The van der Waals surface area contributed by atoms with Gasteiger partial charge in [0, 0.05) is 58.4 Å². The summed E-state index contributed by atoms with van der Waals surface area (Å²) in [4.78, 5) is 30.0. The molecule has 10 nitrogen and oxygen atoms in total. The fourth-order valence-corrected chi connectivity index (χ4v) is 5.40. The van der Waals surface area contributed by atoms with Crippen LogP contribution in [0, 0.1) is 17.0 Å². The molecule has 0 bridgehead atoms. The van der Waals surface area contributed by atoms with Crippen LogP contribution in [0.5, 0.6) is 0 Å². The first-order valence-electron chi connectivity index (χ1n) is 14.2. The number of urea groups is 1. The van der Waals surface area contributed by atoms with E-state index in [1.807, 2.05) is 31.7 Å². The maximum absolute atomic E-state index is 13.7. The zero-order chi connectivity index (χ0) is 29.2. The number of benzene rings is 2. The molecule has 10 heteroatoms. The van der Waals surface area contributed by atoms with Gasteiger partial charge in [-0.25, -0.2) is 4.79 Å². The molecule has 0 saturated carbocycles. The van der Waals surface area contributed by atoms with Crippen molar-refractivity contribution in [2.45, 2.75) is 59.3 Å². The normalized spacial score (nSPS) is 16.6. The maximum Gasteiger partial charge on any atom is 0.323 e. The minimum atomic E-state index is -0.418. The number of nitrogens with one attached hydrogen (secondary N) is 4. The molecular formula is C30H45N7O3. The zero-order valence-corrected chi connectivity index (χ0v) is 25.0. The third-order valence-electron chi connectivity index (χ3n) is 7.68. The number of rotatable bonds is 5. The number of anilines is 4. The Kier molecular flexibility index (Phi) is 8.60. The van der Waals surface area contributed by atoms with Crippen molar-refractivity contribution in [1.29, 1.82) is 0 Å². The van der Waals surface area contributed by atoms with Crippen LogP contribution in [-0.2, 0) is 10.8 Å². The largest absolute Gasteiger partial charge is 0.367 e. The van der Waals surface area contributed by atoms with Gasteiger partial charge in [0.1, 0.15) is 5.69 Å². The van der Waals surface area contributed by atoms with Crippen LogP contribution >= 0.6 is 0 Å². The summed E-state index contributed by atoms with van der Waals surface area (Å²) in [6, 6.07) is 7.39. The molecule has 4 N–H and O–H groups in total. The summed E-state index contributed by atoms with van der Waals surface area (Å²) in [5.41, 5.74) is 5.27. The third-order valence-corrected chi connectivity index (χ3v) is 7.68. The van der Waals surface area contributed by atoms with Crippen molar-refractivity contribution in [1.82, 2.24) is 10.6 Å². The SMILES string of the molecule is Cc1cc(C(C)(C)C)cc(NC(=O)Nc2cc(C(C)(C)C)cc([N+](=O)[O-])c2N2CCNCC2)c1N1CCNCC1. The van der Waals surface area contributed by atoms with Crippen LogP contribution in [0.1, 0.15) is 58.2 Å². The average molecular weight is 552 g/mol. The predicted octanol–water partition coefficient (Wildman–Crippen LogP) is 4.96. The standard InChI is InChI=1S/C30H45N7O3/c1-20-16-21(29(2,3)4)17-23(26(20)35-12-8-31-9-13-35)33-28(38)34-24-18-22(30(5,6)7)19-25(37(39)40)27(24)36-14-10-32-11-15-36/h16-19,31-32H,8-15H2,1-7H3,(H2,33,34,38). The van der Waals surface area contributed by atoms with Crippen LogP contribution in [0.25, 0.3) is 0 Å². The van der Waals surface area contributed by atoms with Crippen LogP contribution in [0.15, 0.2) is 24.3 Å². The second-order valence-electron chi connectivity index (χ2n) is 12.9. The van der Waals surface area contributed by atoms with Gasteiger partial charge in [0.15, 0.2) is 0 Å². The van der Waals surface area contributed by atoms with E-state index in [-0.39, 0.29) is 21.4 Å². The molecule has 4 rings (SSSR count). The van der Waals surface area contributed by atoms with Crippen LogP contribution in [0.4, 0.5) is 33.2 Å². The quantitative estimate of drug-likeness (QED) is 0.307. The Bertz CT molecular complexity index is 1250. The molecule has 2 fully saturated rings.